The van der Waals surface area contributed by atoms with Crippen molar-refractivity contribution < 1.29 is 106 Å². The minimum Gasteiger partial charge on any atom is -0.222 e. The van der Waals surface area contributed by atoms with E-state index in [-0.39, 0.29) is 35.3 Å². The van der Waals surface area contributed by atoms with Gasteiger partial charge in [0.25, 0.3) is 0 Å². The molecule has 0 N–H and O–H groups in total. The minimum atomic E-state index is -4.94. The average molecular weight is 908 g/mol. The summed E-state index contributed by atoms with van der Waals surface area (Å²) in [6, 6.07) is 44.2. The second-order valence-corrected chi connectivity index (χ2v) is 16.8. The molecule has 0 bridgehead atoms. The number of benzene rings is 4. The second-order valence-electron chi connectivity index (χ2n) is 9.88. The van der Waals surface area contributed by atoms with Gasteiger partial charge in [-0.2, -0.15) is 0 Å². The Balaban J connectivity index is 0.000000882. The number of allylic oxidation sites excluding steroid dienone is 4. The maximum absolute atomic E-state index is 8.49. The smallest absolute Gasteiger partial charge is 0.222 e. The van der Waals surface area contributed by atoms with E-state index in [9.17, 15) is 0 Å². The molecule has 1 aliphatic rings. The van der Waals surface area contributed by atoms with Gasteiger partial charge in [-0.3, -0.25) is 0 Å². The van der Waals surface area contributed by atoms with Crippen molar-refractivity contribution >= 4 is 37.1 Å². The van der Waals surface area contributed by atoms with Crippen LogP contribution >= 0.6 is 15.8 Å². The third kappa shape index (κ3) is 30.7. The van der Waals surface area contributed by atoms with E-state index in [1.807, 2.05) is 0 Å². The summed E-state index contributed by atoms with van der Waals surface area (Å²) in [6.45, 7) is 0. The molecule has 284 valence electrons. The van der Waals surface area contributed by atoms with Crippen molar-refractivity contribution in [3.05, 3.63) is 146 Å². The summed E-state index contributed by atoms with van der Waals surface area (Å²) in [5.41, 5.74) is 0. The molecular weight excluding hydrogens is 872 g/mol. The molecule has 12 nitrogen and oxygen atoms in total. The Morgan fingerprint density at radius 1 is 0.327 bits per heavy atom. The summed E-state index contributed by atoms with van der Waals surface area (Å²) in [4.78, 5) is 0. The van der Waals surface area contributed by atoms with E-state index in [2.05, 4.69) is 146 Å². The van der Waals surface area contributed by atoms with Gasteiger partial charge in [0.1, 0.15) is 0 Å². The Kier molecular flexibility index (Phi) is 26.8. The van der Waals surface area contributed by atoms with Gasteiger partial charge in [0.15, 0.2) is 0 Å². The molecule has 4 aromatic rings. The standard InChI is InChI=1S/C26H24P2.C8H12.3ClHO4.Rh/c1-5-13-23(14-6-1)27(24-15-7-2-8-16-24)21-22-28(25-17-9-3-10-18-25)26-19-11-4-12-20-26;1-2-4-6-8-7-5-3-1;3*2-1(3,4)5;/h1-20H,21-22H2;1-2,7-8H,3-6H2;3*(H,2,3,4,5);/q;;;;;+3/p-3/b;2-1-,8-7?;;;;. The first-order chi connectivity index (χ1) is 23.9. The zero-order valence-corrected chi connectivity index (χ0v) is 33.1. The molecule has 0 fully saturated rings. The number of hydrogen-bond donors (Lipinski definition) is 0. The van der Waals surface area contributed by atoms with Gasteiger partial charge in [0.2, 0.25) is 0 Å². The SMILES string of the molecule is C1=CCC/C=C\CC1.[O-][Cl+3]([O-])([O-])[O-].[O-][Cl+3]([O-])([O-])[O-].[O-][Cl+3]([O-])([O-])[O-].[Rh+3].c1ccc(P(CCP(c2ccccc2)c2ccccc2)c2ccccc2)cc1. The molecule has 52 heavy (non-hydrogen) atoms. The molecule has 0 atom stereocenters. The van der Waals surface area contributed by atoms with Crippen molar-refractivity contribution in [2.45, 2.75) is 25.7 Å². The largest absolute Gasteiger partial charge is 3.00 e. The fourth-order valence-electron chi connectivity index (χ4n) is 4.30. The molecule has 0 unspecified atom stereocenters. The molecule has 0 aromatic heterocycles. The van der Waals surface area contributed by atoms with Gasteiger partial charge in [0.05, 0.1) is 0 Å². The molecule has 5 rings (SSSR count). The predicted octanol–water partition coefficient (Wildman–Crippen LogP) is -6.35. The van der Waals surface area contributed by atoms with Gasteiger partial charge in [-0.05, 0) is 75.1 Å². The topological polar surface area (TPSA) is 277 Å². The van der Waals surface area contributed by atoms with Crippen molar-refractivity contribution in [3.8, 4) is 0 Å². The van der Waals surface area contributed by atoms with E-state index in [0.717, 1.165) is 0 Å². The third-order valence-corrected chi connectivity index (χ3v) is 11.5. The van der Waals surface area contributed by atoms with Gasteiger partial charge < -0.3 is 0 Å². The van der Waals surface area contributed by atoms with E-state index in [1.165, 1.54) is 59.2 Å². The quantitative estimate of drug-likeness (QED) is 0.0952. The third-order valence-electron chi connectivity index (χ3n) is 6.15. The molecular formula is C34H36Cl3O12P2Rh. The van der Waals surface area contributed by atoms with Crippen LogP contribution in [0, 0.1) is 30.7 Å². The molecule has 0 spiro atoms. The fraction of sp³-hybridized carbons (Fsp3) is 0.176. The summed E-state index contributed by atoms with van der Waals surface area (Å²) in [5, 5.41) is 5.89. The monoisotopic (exact) mass is 906 g/mol. The van der Waals surface area contributed by atoms with E-state index in [4.69, 9.17) is 55.9 Å². The van der Waals surface area contributed by atoms with Crippen LogP contribution in [0.1, 0.15) is 25.7 Å². The average Bonchev–Trinajstić information content (AvgIpc) is 3.03. The van der Waals surface area contributed by atoms with Crippen LogP contribution < -0.4 is 77.1 Å². The van der Waals surface area contributed by atoms with Crippen LogP contribution in [0.25, 0.3) is 0 Å². The molecule has 1 aliphatic carbocycles. The van der Waals surface area contributed by atoms with E-state index in [0.29, 0.717) is 0 Å². The normalized spacial score (nSPS) is 13.1. The van der Waals surface area contributed by atoms with Gasteiger partial charge in [-0.25, -0.2) is 55.9 Å². The zero-order valence-electron chi connectivity index (χ0n) is 27.4. The molecule has 0 heterocycles. The maximum Gasteiger partial charge on any atom is 3.00 e. The Bertz CT molecular complexity index is 1260. The van der Waals surface area contributed by atoms with E-state index in [1.54, 1.807) is 0 Å². The van der Waals surface area contributed by atoms with E-state index >= 15 is 0 Å². The first kappa shape index (κ1) is 50.2. The summed E-state index contributed by atoms with van der Waals surface area (Å²) < 4.78 is 102. The van der Waals surface area contributed by atoms with Crippen LogP contribution in [-0.4, -0.2) is 12.3 Å². The Morgan fingerprint density at radius 2 is 0.481 bits per heavy atom. The fourth-order valence-corrected chi connectivity index (χ4v) is 9.66. The zero-order chi connectivity index (χ0) is 38.2. The van der Waals surface area contributed by atoms with Crippen LogP contribution in [0.5, 0.6) is 0 Å². The van der Waals surface area contributed by atoms with Crippen molar-refractivity contribution in [3.63, 3.8) is 0 Å². The van der Waals surface area contributed by atoms with Crippen LogP contribution in [0.3, 0.4) is 0 Å². The molecule has 0 amide bonds. The summed E-state index contributed by atoms with van der Waals surface area (Å²) in [7, 11) is -15.5. The predicted molar refractivity (Wildman–Crippen MR) is 165 cm³/mol. The van der Waals surface area contributed by atoms with Crippen molar-refractivity contribution in [1.82, 2.24) is 0 Å². The Hall–Kier alpha value is -1.77. The Labute approximate surface area is 325 Å². The van der Waals surface area contributed by atoms with Crippen LogP contribution in [0.15, 0.2) is 146 Å². The molecule has 0 radical (unpaired) electrons. The van der Waals surface area contributed by atoms with Crippen LogP contribution in [0.4, 0.5) is 0 Å². The molecule has 18 heteroatoms. The Morgan fingerprint density at radius 3 is 0.635 bits per heavy atom. The summed E-state index contributed by atoms with van der Waals surface area (Å²) >= 11 is 0. The number of hydrogen-bond acceptors (Lipinski definition) is 12. The number of rotatable bonds is 7. The van der Waals surface area contributed by atoms with Crippen molar-refractivity contribution in [1.29, 1.82) is 0 Å². The summed E-state index contributed by atoms with van der Waals surface area (Å²) in [5.74, 6) is 0. The van der Waals surface area contributed by atoms with Crippen LogP contribution in [0.2, 0.25) is 0 Å². The minimum absolute atomic E-state index is 0. The van der Waals surface area contributed by atoms with Gasteiger partial charge in [-0.15, -0.1) is 30.7 Å². The molecule has 4 aromatic carbocycles. The van der Waals surface area contributed by atoms with E-state index < -0.39 is 30.7 Å². The maximum atomic E-state index is 8.49. The van der Waals surface area contributed by atoms with Crippen molar-refractivity contribution in [2.24, 2.45) is 0 Å². The van der Waals surface area contributed by atoms with Crippen LogP contribution in [-0.2, 0) is 19.5 Å². The summed E-state index contributed by atoms with van der Waals surface area (Å²) in [6.07, 6.45) is 16.4. The van der Waals surface area contributed by atoms with Gasteiger partial charge in [-0.1, -0.05) is 146 Å². The number of halogens is 3. The first-order valence-electron chi connectivity index (χ1n) is 14.8. The first-order valence-corrected chi connectivity index (χ1v) is 21.6. The molecule has 0 saturated heterocycles. The van der Waals surface area contributed by atoms with Gasteiger partial charge in [0, 0.05) is 0 Å². The second kappa shape index (κ2) is 27.8. The van der Waals surface area contributed by atoms with Gasteiger partial charge >= 0.3 is 19.5 Å². The van der Waals surface area contributed by atoms with Crippen molar-refractivity contribution in [2.75, 3.05) is 12.3 Å². The molecule has 0 saturated carbocycles. The molecule has 0 aliphatic heterocycles.